The van der Waals surface area contributed by atoms with E-state index in [1.807, 2.05) is 12.1 Å². The van der Waals surface area contributed by atoms with Gasteiger partial charge < -0.3 is 14.2 Å². The zero-order chi connectivity index (χ0) is 21.8. The van der Waals surface area contributed by atoms with E-state index in [9.17, 15) is 0 Å². The highest BCUT2D eigenvalue weighted by Gasteiger charge is 2.19. The molecule has 0 aliphatic rings. The highest BCUT2D eigenvalue weighted by molar-refractivity contribution is 6.76. The second-order valence-corrected chi connectivity index (χ2v) is 14.6. The van der Waals surface area contributed by atoms with Crippen LogP contribution in [0.4, 0.5) is 0 Å². The Balaban J connectivity index is 1.80. The lowest BCUT2D eigenvalue weighted by Crippen LogP contribution is -2.22. The number of benzene rings is 4. The molecule has 31 heavy (non-hydrogen) atoms. The van der Waals surface area contributed by atoms with Crippen LogP contribution in [0.1, 0.15) is 0 Å². The van der Waals surface area contributed by atoms with Gasteiger partial charge in [-0.1, -0.05) is 80.3 Å². The monoisotopic (exact) mass is 430 g/mol. The van der Waals surface area contributed by atoms with Gasteiger partial charge in [0, 0.05) is 25.8 Å². The third-order valence-electron chi connectivity index (χ3n) is 5.55. The largest absolute Gasteiger partial charge is 0.496 e. The Morgan fingerprint density at radius 2 is 1.23 bits per heavy atom. The third kappa shape index (κ3) is 4.76. The highest BCUT2D eigenvalue weighted by Crippen LogP contribution is 2.45. The molecular formula is C27H30O3Si. The van der Waals surface area contributed by atoms with Gasteiger partial charge in [-0.15, -0.1) is 0 Å². The molecule has 0 spiro atoms. The lowest BCUT2D eigenvalue weighted by molar-refractivity contribution is 0.0224. The Hall–Kier alpha value is -2.82. The molecule has 0 fully saturated rings. The molecule has 4 aromatic rings. The van der Waals surface area contributed by atoms with E-state index in [-0.39, 0.29) is 6.79 Å². The zero-order valence-electron chi connectivity index (χ0n) is 18.8. The Morgan fingerprint density at radius 3 is 1.81 bits per heavy atom. The summed E-state index contributed by atoms with van der Waals surface area (Å²) >= 11 is 0. The molecule has 0 aliphatic carbocycles. The summed E-state index contributed by atoms with van der Waals surface area (Å²) in [6.07, 6.45) is 0. The summed E-state index contributed by atoms with van der Waals surface area (Å²) in [4.78, 5) is 0. The van der Waals surface area contributed by atoms with Crippen LogP contribution in [0.3, 0.4) is 0 Å². The molecule has 0 aliphatic heterocycles. The van der Waals surface area contributed by atoms with Crippen LogP contribution < -0.4 is 9.47 Å². The number of methoxy groups -OCH3 is 1. The maximum absolute atomic E-state index is 6.20. The second-order valence-electron chi connectivity index (χ2n) is 9.00. The summed E-state index contributed by atoms with van der Waals surface area (Å²) in [6.45, 7) is 8.03. The first-order valence-electron chi connectivity index (χ1n) is 10.8. The number of rotatable bonds is 8. The average Bonchev–Trinajstić information content (AvgIpc) is 2.77. The highest BCUT2D eigenvalue weighted by atomic mass is 28.3. The topological polar surface area (TPSA) is 27.7 Å². The maximum Gasteiger partial charge on any atom is 0.189 e. The van der Waals surface area contributed by atoms with E-state index < -0.39 is 8.07 Å². The van der Waals surface area contributed by atoms with Crippen LogP contribution in [0, 0.1) is 0 Å². The van der Waals surface area contributed by atoms with Crippen molar-refractivity contribution in [2.24, 2.45) is 0 Å². The first kappa shape index (κ1) is 21.4. The summed E-state index contributed by atoms with van der Waals surface area (Å²) in [5.41, 5.74) is 2.09. The normalized spacial score (nSPS) is 11.7. The van der Waals surface area contributed by atoms with E-state index in [4.69, 9.17) is 14.2 Å². The van der Waals surface area contributed by atoms with Crippen molar-refractivity contribution in [2.75, 3.05) is 20.5 Å². The predicted molar refractivity (Wildman–Crippen MR) is 133 cm³/mol. The minimum absolute atomic E-state index is 0.239. The SMILES string of the molecule is COc1ccc2ccccc2c1-c1c(OCOCC[Si](C)(C)C)ccc2ccccc12. The van der Waals surface area contributed by atoms with Crippen LogP contribution in [0.5, 0.6) is 11.5 Å². The van der Waals surface area contributed by atoms with Gasteiger partial charge in [-0.3, -0.25) is 0 Å². The Morgan fingerprint density at radius 1 is 0.677 bits per heavy atom. The molecule has 0 saturated carbocycles. The molecule has 0 atom stereocenters. The number of fused-ring (bicyclic) bond motifs is 2. The minimum atomic E-state index is -1.13. The summed E-state index contributed by atoms with van der Waals surface area (Å²) < 4.78 is 17.9. The molecule has 0 heterocycles. The molecule has 0 amide bonds. The Bertz CT molecular complexity index is 1190. The van der Waals surface area contributed by atoms with Gasteiger partial charge in [0.25, 0.3) is 0 Å². The van der Waals surface area contributed by atoms with Crippen LogP contribution in [0.15, 0.2) is 72.8 Å². The first-order valence-corrected chi connectivity index (χ1v) is 14.5. The molecule has 0 bridgehead atoms. The molecule has 4 rings (SSSR count). The van der Waals surface area contributed by atoms with Crippen molar-refractivity contribution >= 4 is 29.6 Å². The van der Waals surface area contributed by atoms with Crippen molar-refractivity contribution in [2.45, 2.75) is 25.7 Å². The van der Waals surface area contributed by atoms with E-state index >= 15 is 0 Å². The van der Waals surface area contributed by atoms with Crippen LogP contribution in [-0.4, -0.2) is 28.6 Å². The van der Waals surface area contributed by atoms with Gasteiger partial charge >= 0.3 is 0 Å². The van der Waals surface area contributed by atoms with Crippen molar-refractivity contribution in [1.29, 1.82) is 0 Å². The van der Waals surface area contributed by atoms with Crippen molar-refractivity contribution in [3.63, 3.8) is 0 Å². The lowest BCUT2D eigenvalue weighted by atomic mass is 9.92. The van der Waals surface area contributed by atoms with Gasteiger partial charge in [0.1, 0.15) is 11.5 Å². The molecule has 4 aromatic carbocycles. The minimum Gasteiger partial charge on any atom is -0.496 e. The van der Waals surface area contributed by atoms with E-state index in [1.165, 1.54) is 10.8 Å². The van der Waals surface area contributed by atoms with Crippen LogP contribution in [-0.2, 0) is 4.74 Å². The smallest absolute Gasteiger partial charge is 0.189 e. The van der Waals surface area contributed by atoms with E-state index in [0.717, 1.165) is 46.0 Å². The van der Waals surface area contributed by atoms with Crippen LogP contribution in [0.25, 0.3) is 32.7 Å². The van der Waals surface area contributed by atoms with Gasteiger partial charge in [-0.2, -0.15) is 0 Å². The summed E-state index contributed by atoms with van der Waals surface area (Å²) in [5.74, 6) is 1.64. The Labute approximate surface area is 185 Å². The molecule has 0 saturated heterocycles. The molecule has 4 heteroatoms. The van der Waals surface area contributed by atoms with Crippen LogP contribution in [0.2, 0.25) is 25.7 Å². The average molecular weight is 431 g/mol. The second kappa shape index (κ2) is 9.12. The van der Waals surface area contributed by atoms with Crippen molar-refractivity contribution < 1.29 is 14.2 Å². The lowest BCUT2D eigenvalue weighted by Gasteiger charge is -2.19. The predicted octanol–water partition coefficient (Wildman–Crippen LogP) is 7.36. The molecule has 3 nitrogen and oxygen atoms in total. The van der Waals surface area contributed by atoms with Gasteiger partial charge in [0.2, 0.25) is 0 Å². The van der Waals surface area contributed by atoms with Gasteiger partial charge in [-0.05, 0) is 39.7 Å². The fourth-order valence-corrected chi connectivity index (χ4v) is 4.61. The molecular weight excluding hydrogens is 400 g/mol. The summed E-state index contributed by atoms with van der Waals surface area (Å²) in [7, 11) is 0.595. The van der Waals surface area contributed by atoms with Gasteiger partial charge in [0.05, 0.1) is 7.11 Å². The zero-order valence-corrected chi connectivity index (χ0v) is 19.8. The number of hydrogen-bond acceptors (Lipinski definition) is 3. The van der Waals surface area contributed by atoms with Gasteiger partial charge in [0.15, 0.2) is 6.79 Å². The quantitative estimate of drug-likeness (QED) is 0.166. The van der Waals surface area contributed by atoms with Crippen molar-refractivity contribution in [3.8, 4) is 22.6 Å². The summed E-state index contributed by atoms with van der Waals surface area (Å²) in [5, 5.41) is 4.61. The van der Waals surface area contributed by atoms with Crippen LogP contribution >= 0.6 is 0 Å². The molecule has 0 radical (unpaired) electrons. The fraction of sp³-hybridized carbons (Fsp3) is 0.259. The first-order chi connectivity index (χ1) is 15.0. The number of hydrogen-bond donors (Lipinski definition) is 0. The standard InChI is InChI=1S/C27H30O3Si/c1-28-24-15-13-20-9-5-7-11-22(20)26(24)27-23-12-8-6-10-21(23)14-16-25(27)30-19-29-17-18-31(2,3)4/h5-16H,17-19H2,1-4H3. The molecule has 0 N–H and O–H groups in total. The van der Waals surface area contributed by atoms with E-state index in [2.05, 4.69) is 80.3 Å². The fourth-order valence-electron chi connectivity index (χ4n) is 3.85. The van der Waals surface area contributed by atoms with Crippen molar-refractivity contribution in [3.05, 3.63) is 72.8 Å². The molecule has 160 valence electrons. The van der Waals surface area contributed by atoms with E-state index in [1.54, 1.807) is 7.11 Å². The van der Waals surface area contributed by atoms with Gasteiger partial charge in [-0.25, -0.2) is 0 Å². The maximum atomic E-state index is 6.20. The van der Waals surface area contributed by atoms with E-state index in [0.29, 0.717) is 0 Å². The molecule has 0 aromatic heterocycles. The number of ether oxygens (including phenoxy) is 3. The Kier molecular flexibility index (Phi) is 6.30. The van der Waals surface area contributed by atoms with Crippen molar-refractivity contribution in [1.82, 2.24) is 0 Å². The third-order valence-corrected chi connectivity index (χ3v) is 7.25. The summed E-state index contributed by atoms with van der Waals surface area (Å²) in [6, 6.07) is 26.2. The molecule has 0 unspecified atom stereocenters.